The predicted octanol–water partition coefficient (Wildman–Crippen LogP) is 13.0. The molecule has 0 fully saturated rings. The van der Waals surface area contributed by atoms with Crippen LogP contribution in [0.15, 0.2) is 53.2 Å². The Balaban J connectivity index is 0.000000251. The predicted molar refractivity (Wildman–Crippen MR) is 206 cm³/mol. The normalized spacial score (nSPS) is 12.8. The Morgan fingerprint density at radius 2 is 1.56 bits per heavy atom. The van der Waals surface area contributed by atoms with Gasteiger partial charge in [0.1, 0.15) is 16.9 Å². The third kappa shape index (κ3) is 7.07. The number of hydrogen-bond acceptors (Lipinski definition) is 7. The van der Waals surface area contributed by atoms with Gasteiger partial charge in [-0.2, -0.15) is 11.3 Å². The van der Waals surface area contributed by atoms with Crippen LogP contribution in [-0.2, 0) is 30.3 Å². The van der Waals surface area contributed by atoms with Gasteiger partial charge in [-0.1, -0.05) is 79.5 Å². The van der Waals surface area contributed by atoms with Crippen molar-refractivity contribution in [3.8, 4) is 11.3 Å². The molecule has 6 rings (SSSR count). The molecule has 0 aliphatic heterocycles. The van der Waals surface area contributed by atoms with Crippen molar-refractivity contribution < 1.29 is 30.0 Å². The van der Waals surface area contributed by atoms with Gasteiger partial charge in [0.15, 0.2) is 5.78 Å². The maximum atomic E-state index is 12.2. The maximum Gasteiger partial charge on any atom is 0.164 e. The van der Waals surface area contributed by atoms with Crippen LogP contribution < -0.4 is 0 Å². The molecular weight excluding hydrogens is 829 g/mol. The van der Waals surface area contributed by atoms with Crippen LogP contribution in [0, 0.1) is 23.8 Å². The van der Waals surface area contributed by atoms with Gasteiger partial charge in [0, 0.05) is 62.9 Å². The van der Waals surface area contributed by atoms with Crippen LogP contribution in [0.3, 0.4) is 0 Å². The Hall–Kier alpha value is -2.48. The number of allylic oxidation sites excluding steroid dienone is 2. The Morgan fingerprint density at radius 1 is 0.896 bits per heavy atom. The molecule has 4 aromatic heterocycles. The van der Waals surface area contributed by atoms with E-state index in [4.69, 9.17) is 4.98 Å². The van der Waals surface area contributed by atoms with Gasteiger partial charge in [-0.3, -0.25) is 9.78 Å². The molecule has 0 saturated heterocycles. The molecule has 0 amide bonds. The van der Waals surface area contributed by atoms with Crippen LogP contribution in [-0.4, -0.2) is 20.9 Å². The largest absolute Gasteiger partial charge is 0.512 e. The summed E-state index contributed by atoms with van der Waals surface area (Å²) in [6, 6.07) is 12.6. The van der Waals surface area contributed by atoms with Crippen LogP contribution in [0.1, 0.15) is 99.1 Å². The number of fused-ring (bicyclic) bond motifs is 6. The number of aliphatic hydroxyl groups is 1. The van der Waals surface area contributed by atoms with E-state index in [9.17, 15) is 9.90 Å². The average molecular weight is 876 g/mol. The third-order valence-corrected chi connectivity index (χ3v) is 13.4. The molecule has 4 nitrogen and oxygen atoms in total. The SMILES string of the molecule is CCC(C)(CC)C(=O)/C=C(\O)C(C)(CC)CC.Cc1csc2c1ccc1sc3ncnc(-c4[c-]c5ccsc5c(C(C)(C)C)c4)c3c12.[Ir]. The minimum absolute atomic E-state index is 0. The molecule has 257 valence electrons. The Labute approximate surface area is 311 Å². The first kappa shape index (κ1) is 38.3. The molecule has 0 bridgehead atoms. The molecule has 0 atom stereocenters. The fraction of sp³-hybridized carbons (Fsp3) is 0.425. The summed E-state index contributed by atoms with van der Waals surface area (Å²) in [5.74, 6) is 0.286. The number of thiophene rings is 3. The maximum absolute atomic E-state index is 12.2. The summed E-state index contributed by atoms with van der Waals surface area (Å²) in [7, 11) is 0. The zero-order valence-electron chi connectivity index (χ0n) is 29.8. The molecule has 1 N–H and O–H groups in total. The number of benzene rings is 2. The zero-order valence-corrected chi connectivity index (χ0v) is 34.6. The summed E-state index contributed by atoms with van der Waals surface area (Å²) < 4.78 is 3.93. The van der Waals surface area contributed by atoms with Crippen molar-refractivity contribution in [1.82, 2.24) is 9.97 Å². The van der Waals surface area contributed by atoms with E-state index in [2.05, 4.69) is 73.8 Å². The van der Waals surface area contributed by atoms with Crippen molar-refractivity contribution in [3.63, 3.8) is 0 Å². The molecule has 0 saturated carbocycles. The molecule has 8 heteroatoms. The van der Waals surface area contributed by atoms with E-state index < -0.39 is 0 Å². The minimum atomic E-state index is -0.337. The molecule has 4 heterocycles. The molecule has 6 aromatic rings. The fourth-order valence-electron chi connectivity index (χ4n) is 5.89. The van der Waals surface area contributed by atoms with Crippen molar-refractivity contribution in [2.75, 3.05) is 0 Å². The number of aryl methyl sites for hydroxylation is 1. The summed E-state index contributed by atoms with van der Waals surface area (Å²) in [4.78, 5) is 22.7. The quantitative estimate of drug-likeness (QED) is 0.0940. The summed E-state index contributed by atoms with van der Waals surface area (Å²) in [6.07, 6.45) is 6.46. The van der Waals surface area contributed by atoms with Crippen molar-refractivity contribution in [2.24, 2.45) is 10.8 Å². The van der Waals surface area contributed by atoms with E-state index in [1.165, 1.54) is 47.5 Å². The van der Waals surface area contributed by atoms with Gasteiger partial charge in [0.2, 0.25) is 0 Å². The summed E-state index contributed by atoms with van der Waals surface area (Å²) >= 11 is 5.37. The van der Waals surface area contributed by atoms with Gasteiger partial charge in [0.05, 0.1) is 0 Å². The molecule has 0 aliphatic rings. The second kappa shape index (κ2) is 14.8. The first-order valence-corrected chi connectivity index (χ1v) is 19.2. The van der Waals surface area contributed by atoms with Crippen molar-refractivity contribution in [2.45, 2.75) is 100 Å². The van der Waals surface area contributed by atoms with Crippen LogP contribution in [0.5, 0.6) is 0 Å². The number of ketones is 1. The van der Waals surface area contributed by atoms with Gasteiger partial charge < -0.3 is 5.11 Å². The summed E-state index contributed by atoms with van der Waals surface area (Å²) in [5, 5.41) is 19.5. The molecular formula is C40H47IrN2O2S3-. The van der Waals surface area contributed by atoms with E-state index in [1.54, 1.807) is 29.0 Å². The van der Waals surface area contributed by atoms with Crippen LogP contribution in [0.4, 0.5) is 0 Å². The van der Waals surface area contributed by atoms with E-state index in [-0.39, 0.29) is 47.9 Å². The number of rotatable bonds is 8. The van der Waals surface area contributed by atoms with E-state index in [0.29, 0.717) is 0 Å². The topological polar surface area (TPSA) is 63.1 Å². The minimum Gasteiger partial charge on any atom is -0.512 e. The Kier molecular flexibility index (Phi) is 11.8. The standard InChI is InChI=1S/C25H19N2S3.C15H28O2.Ir/c1-13-11-29-23-16(13)5-6-18-19(23)20-21(26-12-27-24(20)30-18)15-9-14-7-8-28-22(14)17(10-15)25(2,3)4;1-7-14(5,8-2)12(16)11-13(17)15(6,9-3)10-4;/h5-8,10-12H,1-4H3;11,16H,7-10H2,1-6H3;/q-1;;/b;12-11-;. The number of hydrogen-bond donors (Lipinski definition) is 1. The third-order valence-electron chi connectivity index (χ3n) is 10.3. The van der Waals surface area contributed by atoms with Gasteiger partial charge >= 0.3 is 0 Å². The number of aromatic nitrogens is 2. The smallest absolute Gasteiger partial charge is 0.164 e. The number of carbonyl (C=O) groups is 1. The van der Waals surface area contributed by atoms with E-state index >= 15 is 0 Å². The zero-order chi connectivity index (χ0) is 34.3. The van der Waals surface area contributed by atoms with Gasteiger partial charge in [-0.25, -0.2) is 4.98 Å². The van der Waals surface area contributed by atoms with E-state index in [0.717, 1.165) is 47.2 Å². The molecule has 2 aromatic carbocycles. The first-order chi connectivity index (χ1) is 22.2. The molecule has 1 radical (unpaired) electrons. The van der Waals surface area contributed by atoms with Crippen LogP contribution in [0.2, 0.25) is 0 Å². The van der Waals surface area contributed by atoms with E-state index in [1.807, 2.05) is 52.9 Å². The van der Waals surface area contributed by atoms with Gasteiger partial charge in [0.25, 0.3) is 0 Å². The van der Waals surface area contributed by atoms with Crippen molar-refractivity contribution >= 4 is 80.3 Å². The van der Waals surface area contributed by atoms with Crippen LogP contribution in [0.25, 0.3) is 51.7 Å². The number of carbonyl (C=O) groups excluding carboxylic acids is 1. The van der Waals surface area contributed by atoms with Crippen molar-refractivity contribution in [3.05, 3.63) is 70.4 Å². The Bertz CT molecular complexity index is 2100. The van der Waals surface area contributed by atoms with Crippen LogP contribution >= 0.6 is 34.0 Å². The molecule has 0 spiro atoms. The van der Waals surface area contributed by atoms with Gasteiger partial charge in [-0.05, 0) is 70.5 Å². The monoisotopic (exact) mass is 876 g/mol. The number of aliphatic hydroxyl groups excluding tert-OH is 1. The summed E-state index contributed by atoms with van der Waals surface area (Å²) in [5.41, 5.74) is 4.18. The number of nitrogens with zero attached hydrogens (tertiary/aromatic N) is 2. The first-order valence-electron chi connectivity index (χ1n) is 16.6. The second-order valence-electron chi connectivity index (χ2n) is 14.2. The fourth-order valence-corrected chi connectivity index (χ4v) is 9.19. The molecule has 0 unspecified atom stereocenters. The van der Waals surface area contributed by atoms with Crippen molar-refractivity contribution in [1.29, 1.82) is 0 Å². The van der Waals surface area contributed by atoms with Gasteiger partial charge in [-0.15, -0.1) is 46.3 Å². The molecule has 48 heavy (non-hydrogen) atoms. The Morgan fingerprint density at radius 3 is 2.19 bits per heavy atom. The molecule has 0 aliphatic carbocycles. The second-order valence-corrected chi connectivity index (χ2v) is 17.0. The average Bonchev–Trinajstić information content (AvgIpc) is 3.79. The summed E-state index contributed by atoms with van der Waals surface area (Å²) in [6.45, 7) is 21.1.